The maximum absolute atomic E-state index is 5.46. The third-order valence-electron chi connectivity index (χ3n) is 2.60. The van der Waals surface area contributed by atoms with Crippen LogP contribution in [0.5, 0.6) is 5.75 Å². The minimum atomic E-state index is 0.622. The molecular formula is C14H18N4O. The molecule has 5 nitrogen and oxygen atoms in total. The van der Waals surface area contributed by atoms with Crippen LogP contribution in [0.3, 0.4) is 0 Å². The van der Waals surface area contributed by atoms with E-state index in [1.807, 2.05) is 33.0 Å². The lowest BCUT2D eigenvalue weighted by Crippen LogP contribution is -2.04. The van der Waals surface area contributed by atoms with E-state index in [1.54, 1.807) is 12.4 Å². The third-order valence-corrected chi connectivity index (χ3v) is 2.60. The monoisotopic (exact) mass is 258 g/mol. The van der Waals surface area contributed by atoms with E-state index in [9.17, 15) is 0 Å². The Bertz CT molecular complexity index is 557. The van der Waals surface area contributed by atoms with Crippen LogP contribution in [0.1, 0.15) is 19.4 Å². The van der Waals surface area contributed by atoms with Crippen LogP contribution < -0.4 is 10.1 Å². The first-order chi connectivity index (χ1) is 9.24. The number of rotatable bonds is 5. The van der Waals surface area contributed by atoms with Gasteiger partial charge in [-0.05, 0) is 32.4 Å². The highest BCUT2D eigenvalue weighted by molar-refractivity contribution is 5.64. The maximum atomic E-state index is 5.46. The van der Waals surface area contributed by atoms with Crippen molar-refractivity contribution in [1.82, 2.24) is 15.0 Å². The first-order valence-corrected chi connectivity index (χ1v) is 6.40. The molecule has 0 spiro atoms. The molecule has 0 bridgehead atoms. The highest BCUT2D eigenvalue weighted by atomic mass is 16.5. The third kappa shape index (κ3) is 3.19. The van der Waals surface area contributed by atoms with Gasteiger partial charge < -0.3 is 10.1 Å². The van der Waals surface area contributed by atoms with Gasteiger partial charge >= 0.3 is 0 Å². The van der Waals surface area contributed by atoms with E-state index in [-0.39, 0.29) is 0 Å². The van der Waals surface area contributed by atoms with Crippen LogP contribution in [0.4, 0.5) is 5.95 Å². The molecule has 1 N–H and O–H groups in total. The Kier molecular flexibility index (Phi) is 4.28. The van der Waals surface area contributed by atoms with E-state index in [0.29, 0.717) is 12.6 Å². The second-order valence-electron chi connectivity index (χ2n) is 4.10. The van der Waals surface area contributed by atoms with Crippen LogP contribution in [-0.4, -0.2) is 28.1 Å². The second-order valence-corrected chi connectivity index (χ2v) is 4.10. The molecule has 5 heteroatoms. The maximum Gasteiger partial charge on any atom is 0.223 e. The minimum absolute atomic E-state index is 0.622. The Labute approximate surface area is 113 Å². The number of hydrogen-bond acceptors (Lipinski definition) is 5. The van der Waals surface area contributed by atoms with E-state index < -0.39 is 0 Å². The van der Waals surface area contributed by atoms with Crippen molar-refractivity contribution in [1.29, 1.82) is 0 Å². The molecule has 0 aliphatic heterocycles. The molecule has 0 saturated heterocycles. The van der Waals surface area contributed by atoms with Gasteiger partial charge in [-0.15, -0.1) is 0 Å². The van der Waals surface area contributed by atoms with Crippen LogP contribution in [0.15, 0.2) is 24.7 Å². The van der Waals surface area contributed by atoms with Crippen LogP contribution in [0.2, 0.25) is 0 Å². The summed E-state index contributed by atoms with van der Waals surface area (Å²) in [5, 5.41) is 3.11. The van der Waals surface area contributed by atoms with E-state index in [0.717, 1.165) is 29.1 Å². The Morgan fingerprint density at radius 3 is 2.79 bits per heavy atom. The Morgan fingerprint density at radius 2 is 2.05 bits per heavy atom. The standard InChI is InChI=1S/C14H18N4O/c1-4-16-14-17-7-10(3)13(18-14)11-6-12(19-5-2)9-15-8-11/h6-9H,4-5H2,1-3H3,(H,16,17,18). The predicted molar refractivity (Wildman–Crippen MR) is 75.3 cm³/mol. The van der Waals surface area contributed by atoms with Crippen molar-refractivity contribution < 1.29 is 4.74 Å². The quantitative estimate of drug-likeness (QED) is 0.893. The fourth-order valence-electron chi connectivity index (χ4n) is 1.77. The van der Waals surface area contributed by atoms with Gasteiger partial charge in [0, 0.05) is 24.5 Å². The van der Waals surface area contributed by atoms with Crippen molar-refractivity contribution in [2.75, 3.05) is 18.5 Å². The van der Waals surface area contributed by atoms with Gasteiger partial charge in [0.1, 0.15) is 5.75 Å². The van der Waals surface area contributed by atoms with Gasteiger partial charge in [0.05, 0.1) is 18.5 Å². The Hall–Kier alpha value is -2.17. The number of hydrogen-bond donors (Lipinski definition) is 1. The van der Waals surface area contributed by atoms with Crippen molar-refractivity contribution in [3.8, 4) is 17.0 Å². The molecule has 0 fully saturated rings. The molecular weight excluding hydrogens is 240 g/mol. The van der Waals surface area contributed by atoms with E-state index in [1.165, 1.54) is 0 Å². The fourth-order valence-corrected chi connectivity index (χ4v) is 1.77. The summed E-state index contributed by atoms with van der Waals surface area (Å²) in [6.45, 7) is 7.36. The molecule has 2 aromatic heterocycles. The van der Waals surface area contributed by atoms with Gasteiger partial charge in [-0.3, -0.25) is 4.98 Å². The zero-order valence-electron chi connectivity index (χ0n) is 11.5. The zero-order valence-corrected chi connectivity index (χ0v) is 11.5. The second kappa shape index (κ2) is 6.13. The largest absolute Gasteiger partial charge is 0.492 e. The average molecular weight is 258 g/mol. The van der Waals surface area contributed by atoms with E-state index >= 15 is 0 Å². The van der Waals surface area contributed by atoms with Crippen LogP contribution in [0.25, 0.3) is 11.3 Å². The fraction of sp³-hybridized carbons (Fsp3) is 0.357. The summed E-state index contributed by atoms with van der Waals surface area (Å²) in [7, 11) is 0. The normalized spacial score (nSPS) is 10.3. The van der Waals surface area contributed by atoms with Gasteiger partial charge in [-0.2, -0.15) is 0 Å². The summed E-state index contributed by atoms with van der Waals surface area (Å²) in [4.78, 5) is 12.9. The lowest BCUT2D eigenvalue weighted by Gasteiger charge is -2.09. The molecule has 0 saturated carbocycles. The molecule has 0 radical (unpaired) electrons. The van der Waals surface area contributed by atoms with Gasteiger partial charge in [0.25, 0.3) is 0 Å². The number of anilines is 1. The van der Waals surface area contributed by atoms with Crippen LogP contribution in [-0.2, 0) is 0 Å². The Morgan fingerprint density at radius 1 is 1.21 bits per heavy atom. The Balaban J connectivity index is 2.39. The molecule has 2 heterocycles. The molecule has 0 amide bonds. The molecule has 19 heavy (non-hydrogen) atoms. The van der Waals surface area contributed by atoms with E-state index in [2.05, 4.69) is 20.3 Å². The minimum Gasteiger partial charge on any atom is -0.492 e. The number of pyridine rings is 1. The predicted octanol–water partition coefficient (Wildman–Crippen LogP) is 2.68. The first kappa shape index (κ1) is 13.3. The van der Waals surface area contributed by atoms with Crippen molar-refractivity contribution >= 4 is 5.95 Å². The number of aryl methyl sites for hydroxylation is 1. The zero-order chi connectivity index (χ0) is 13.7. The van der Waals surface area contributed by atoms with Crippen molar-refractivity contribution in [3.05, 3.63) is 30.2 Å². The number of nitrogens with zero attached hydrogens (tertiary/aromatic N) is 3. The van der Waals surface area contributed by atoms with Crippen LogP contribution in [0, 0.1) is 6.92 Å². The molecule has 0 atom stereocenters. The average Bonchev–Trinajstić information content (AvgIpc) is 2.42. The lowest BCUT2D eigenvalue weighted by molar-refractivity contribution is 0.339. The number of ether oxygens (including phenoxy) is 1. The summed E-state index contributed by atoms with van der Waals surface area (Å²) in [5.41, 5.74) is 2.82. The lowest BCUT2D eigenvalue weighted by atomic mass is 10.1. The summed E-state index contributed by atoms with van der Waals surface area (Å²) in [5.74, 6) is 1.38. The van der Waals surface area contributed by atoms with Crippen LogP contribution >= 0.6 is 0 Å². The molecule has 100 valence electrons. The van der Waals surface area contributed by atoms with Gasteiger partial charge in [0.15, 0.2) is 0 Å². The van der Waals surface area contributed by atoms with Gasteiger partial charge in [-0.1, -0.05) is 0 Å². The first-order valence-electron chi connectivity index (χ1n) is 6.40. The van der Waals surface area contributed by atoms with Crippen molar-refractivity contribution in [2.45, 2.75) is 20.8 Å². The highest BCUT2D eigenvalue weighted by Gasteiger charge is 2.08. The summed E-state index contributed by atoms with van der Waals surface area (Å²) < 4.78 is 5.46. The molecule has 0 unspecified atom stereocenters. The SMILES string of the molecule is CCNc1ncc(C)c(-c2cncc(OCC)c2)n1. The number of nitrogens with one attached hydrogen (secondary N) is 1. The van der Waals surface area contributed by atoms with E-state index in [4.69, 9.17) is 4.74 Å². The topological polar surface area (TPSA) is 59.9 Å². The summed E-state index contributed by atoms with van der Waals surface area (Å²) in [6, 6.07) is 1.95. The summed E-state index contributed by atoms with van der Waals surface area (Å²) in [6.07, 6.45) is 5.30. The van der Waals surface area contributed by atoms with Crippen molar-refractivity contribution in [2.24, 2.45) is 0 Å². The molecule has 0 aliphatic carbocycles. The highest BCUT2D eigenvalue weighted by Crippen LogP contribution is 2.24. The smallest absolute Gasteiger partial charge is 0.223 e. The molecule has 2 aromatic rings. The summed E-state index contributed by atoms with van der Waals surface area (Å²) >= 11 is 0. The number of aromatic nitrogens is 3. The van der Waals surface area contributed by atoms with Crippen molar-refractivity contribution in [3.63, 3.8) is 0 Å². The molecule has 0 aliphatic rings. The molecule has 0 aromatic carbocycles. The van der Waals surface area contributed by atoms with Gasteiger partial charge in [-0.25, -0.2) is 9.97 Å². The van der Waals surface area contributed by atoms with Gasteiger partial charge in [0.2, 0.25) is 5.95 Å². The molecule has 2 rings (SSSR count).